The van der Waals surface area contributed by atoms with Crippen LogP contribution in [-0.4, -0.2) is 119 Å². The largest absolute Gasteiger partial charge is 0.508 e. The lowest BCUT2D eigenvalue weighted by molar-refractivity contribution is -0.422. The number of nitrogens with zero attached hydrogens (tertiary/aromatic N) is 3. The van der Waals surface area contributed by atoms with Gasteiger partial charge in [-0.15, -0.1) is 0 Å². The molecule has 2 fully saturated rings. The molecule has 1 amide bonds. The summed E-state index contributed by atoms with van der Waals surface area (Å²) < 4.78 is 10.9. The number of aromatic nitrogens is 1. The number of carbonyl (C=O) groups is 2. The van der Waals surface area contributed by atoms with Gasteiger partial charge in [0, 0.05) is 47.8 Å². The lowest BCUT2D eigenvalue weighted by atomic mass is 9.68. The number of hydrogen-bond donors (Lipinski definition) is 11. The van der Waals surface area contributed by atoms with Crippen LogP contribution in [0.5, 0.6) is 17.2 Å². The minimum Gasteiger partial charge on any atom is -0.508 e. The molecule has 0 unspecified atom stereocenters. The Labute approximate surface area is 368 Å². The molecule has 0 spiro atoms. The molecule has 4 aliphatic rings. The van der Waals surface area contributed by atoms with Gasteiger partial charge in [0.15, 0.2) is 23.6 Å². The number of aliphatic hydroxyl groups excluding tert-OH is 4. The van der Waals surface area contributed by atoms with Crippen molar-refractivity contribution >= 4 is 35.2 Å². The number of nitrogens with one attached hydrogen (secondary N) is 2. The molecule has 1 aliphatic carbocycles. The fraction of sp³-hybridized carbons (Fsp3) is 0.370. The van der Waals surface area contributed by atoms with Crippen molar-refractivity contribution < 1.29 is 59.9 Å². The first-order chi connectivity index (χ1) is 30.7. The number of carbonyl (C=O) groups excluding carboxylic acids is 1. The van der Waals surface area contributed by atoms with E-state index in [1.165, 1.54) is 31.0 Å². The molecule has 1 saturated carbocycles. The molecule has 18 heteroatoms. The standard InChI is InChI=1S/C46H50N6O12/c47-37-8-4-15-45(37,27-6-2-1-3-7-27)22-29-28-20-34(55)35(63-46(62)43(59)42(58)41(57)36(23-53)64-46)21-32(28)52(40(29)44(60)61)39(56)13-11-25-10-12-33(54)26(18-25)19-31-30(50-24-51-31)14-17-49-38-9-5-16-48-38/h1-3,5-7,9-13,16,18,20-21,24,29,36-37,40-43,48-49,53,57-59,62H,4,8,14-15,17,19,22-23,47H2,(H2-,54,55,56,60,61)/p+1/t29-,36-,37-,40-,41-,42+,43-,45+,46+/m1/s1. The molecule has 4 aromatic rings. The highest BCUT2D eigenvalue weighted by Gasteiger charge is 2.56. The van der Waals surface area contributed by atoms with Crippen LogP contribution in [0.1, 0.15) is 60.3 Å². The second kappa shape index (κ2) is 18.2. The Balaban J connectivity index is 1.11. The van der Waals surface area contributed by atoms with Gasteiger partial charge >= 0.3 is 17.7 Å². The first-order valence-electron chi connectivity index (χ1n) is 21.0. The van der Waals surface area contributed by atoms with Gasteiger partial charge < -0.3 is 66.4 Å². The lowest BCUT2D eigenvalue weighted by Crippen LogP contribution is -2.67. The molecule has 0 radical (unpaired) electrons. The van der Waals surface area contributed by atoms with Crippen molar-refractivity contribution in [1.29, 1.82) is 0 Å². The second-order valence-corrected chi connectivity index (χ2v) is 16.6. The number of aromatic amines is 1. The van der Waals surface area contributed by atoms with E-state index in [0.29, 0.717) is 43.0 Å². The predicted octanol–water partition coefficient (Wildman–Crippen LogP) is 2.88. The van der Waals surface area contributed by atoms with E-state index in [4.69, 9.17) is 15.2 Å². The summed E-state index contributed by atoms with van der Waals surface area (Å²) in [6, 6.07) is 19.2. The number of anilines is 2. The topological polar surface area (TPSA) is 298 Å². The predicted molar refractivity (Wildman–Crippen MR) is 233 cm³/mol. The van der Waals surface area contributed by atoms with Crippen molar-refractivity contribution in [1.82, 2.24) is 4.98 Å². The number of aliphatic hydroxyl groups is 5. The van der Waals surface area contributed by atoms with Crippen molar-refractivity contribution in [3.8, 4) is 17.2 Å². The molecular weight excluding hydrogens is 829 g/mol. The van der Waals surface area contributed by atoms with Crippen LogP contribution >= 0.6 is 0 Å². The molecule has 4 heterocycles. The SMILES string of the molecule is N[C@@H]1CCC[C@]1(C[C@@H]1c2cc(O)c(O[C@]3(O)O[C@H](CO)[C@@H](O)[C@H](O)[C@H]3O)cc2N(C(=O)/C=C/c2ccc(O)c(C[C+]3[N-][CH+]N=C3CCNc3ccc[nH]3)c2)[C@H]1C(=O)O)c1ccccc1. The van der Waals surface area contributed by atoms with Crippen LogP contribution in [0.4, 0.5) is 11.5 Å². The highest BCUT2D eigenvalue weighted by atomic mass is 16.8. The molecule has 18 nitrogen and oxygen atoms in total. The first kappa shape index (κ1) is 44.5. The number of carboxylic acid groups (broad SMARTS) is 1. The second-order valence-electron chi connectivity index (χ2n) is 16.6. The number of ether oxygens (including phenoxy) is 2. The van der Waals surface area contributed by atoms with Crippen molar-refractivity contribution in [2.45, 2.75) is 92.3 Å². The number of aliphatic carboxylic acids is 1. The van der Waals surface area contributed by atoms with E-state index in [9.17, 15) is 50.4 Å². The zero-order valence-corrected chi connectivity index (χ0v) is 34.6. The van der Waals surface area contributed by atoms with Crippen LogP contribution in [0.15, 0.2) is 90.1 Å². The number of aliphatic imine (C=N–C) groups is 1. The third-order valence-corrected chi connectivity index (χ3v) is 12.8. The molecule has 1 aromatic heterocycles. The van der Waals surface area contributed by atoms with Gasteiger partial charge in [0.1, 0.15) is 48.8 Å². The number of hydrogen-bond acceptors (Lipinski definition) is 14. The Morgan fingerprint density at radius 3 is 2.58 bits per heavy atom. The number of nitrogens with two attached hydrogens (primary N) is 1. The molecule has 3 aromatic carbocycles. The van der Waals surface area contributed by atoms with Crippen LogP contribution in [0.3, 0.4) is 0 Å². The summed E-state index contributed by atoms with van der Waals surface area (Å²) in [7, 11) is 0. The number of phenols is 2. The van der Waals surface area contributed by atoms with Crippen LogP contribution in [-0.2, 0) is 26.2 Å². The van der Waals surface area contributed by atoms with E-state index in [0.717, 1.165) is 34.5 Å². The summed E-state index contributed by atoms with van der Waals surface area (Å²) in [6.07, 6.45) is -0.294. The van der Waals surface area contributed by atoms with Gasteiger partial charge in [0.25, 0.3) is 5.91 Å². The monoisotopic (exact) mass is 879 g/mol. The highest BCUT2D eigenvalue weighted by molar-refractivity contribution is 6.10. The number of carboxylic acids is 1. The third kappa shape index (κ3) is 8.49. The Morgan fingerprint density at radius 1 is 1.08 bits per heavy atom. The maximum absolute atomic E-state index is 14.6. The van der Waals surface area contributed by atoms with E-state index in [1.807, 2.05) is 48.7 Å². The number of H-pyrrole nitrogens is 1. The van der Waals surface area contributed by atoms with Crippen molar-refractivity contribution in [2.75, 3.05) is 23.4 Å². The fourth-order valence-electron chi connectivity index (χ4n) is 9.49. The van der Waals surface area contributed by atoms with Gasteiger partial charge in [0.2, 0.25) is 0 Å². The number of fused-ring (bicyclic) bond motifs is 1. The van der Waals surface area contributed by atoms with E-state index in [1.54, 1.807) is 12.1 Å². The maximum Gasteiger partial charge on any atom is 0.355 e. The van der Waals surface area contributed by atoms with E-state index >= 15 is 0 Å². The van der Waals surface area contributed by atoms with Gasteiger partial charge in [-0.05, 0) is 72.4 Å². The number of phenolic OH excluding ortho intramolecular Hbond substituents is 2. The fourth-order valence-corrected chi connectivity index (χ4v) is 9.49. The lowest BCUT2D eigenvalue weighted by Gasteiger charge is -2.44. The van der Waals surface area contributed by atoms with Gasteiger partial charge in [-0.1, -0.05) is 47.8 Å². The summed E-state index contributed by atoms with van der Waals surface area (Å²) in [4.78, 5) is 36.6. The quantitative estimate of drug-likeness (QED) is 0.0465. The number of amides is 1. The van der Waals surface area contributed by atoms with Crippen molar-refractivity contribution in [3.05, 3.63) is 125 Å². The summed E-state index contributed by atoms with van der Waals surface area (Å²) in [5.74, 6) is -6.57. The molecule has 64 heavy (non-hydrogen) atoms. The molecular formula is C46H51N6O12+. The van der Waals surface area contributed by atoms with Gasteiger partial charge in [-0.25, -0.2) is 4.79 Å². The Morgan fingerprint density at radius 2 is 1.88 bits per heavy atom. The molecule has 0 bridgehead atoms. The molecule has 1 saturated heterocycles. The maximum atomic E-state index is 14.6. The van der Waals surface area contributed by atoms with Crippen molar-refractivity contribution in [3.63, 3.8) is 0 Å². The van der Waals surface area contributed by atoms with E-state index in [2.05, 4.69) is 20.6 Å². The van der Waals surface area contributed by atoms with Gasteiger partial charge in [-0.2, -0.15) is 0 Å². The molecule has 3 aliphatic heterocycles. The Bertz CT molecular complexity index is 2380. The van der Waals surface area contributed by atoms with Crippen LogP contribution in [0.25, 0.3) is 11.4 Å². The molecule has 8 rings (SSSR count). The summed E-state index contributed by atoms with van der Waals surface area (Å²) in [5.41, 5.74) is 9.05. The summed E-state index contributed by atoms with van der Waals surface area (Å²) >= 11 is 0. The number of benzene rings is 3. The Hall–Kier alpha value is -6.09. The molecule has 12 N–H and O–H groups in total. The van der Waals surface area contributed by atoms with Gasteiger partial charge in [-0.3, -0.25) is 15.0 Å². The average molecular weight is 880 g/mol. The molecule has 9 atom stereocenters. The summed E-state index contributed by atoms with van der Waals surface area (Å²) in [6.45, 7) is 1.15. The van der Waals surface area contributed by atoms with Crippen LogP contribution in [0, 0.1) is 12.7 Å². The highest BCUT2D eigenvalue weighted by Crippen LogP contribution is 2.54. The third-order valence-electron chi connectivity index (χ3n) is 12.8. The smallest absolute Gasteiger partial charge is 0.355 e. The van der Waals surface area contributed by atoms with Crippen LogP contribution < -0.4 is 20.7 Å². The number of aromatic hydroxyl groups is 2. The first-order valence-corrected chi connectivity index (χ1v) is 21.0. The Kier molecular flexibility index (Phi) is 12.6. The zero-order chi connectivity index (χ0) is 45.3. The van der Waals surface area contributed by atoms with E-state index in [-0.39, 0.29) is 35.9 Å². The van der Waals surface area contributed by atoms with Crippen molar-refractivity contribution in [2.24, 2.45) is 10.7 Å². The normalized spacial score (nSPS) is 28.8. The van der Waals surface area contributed by atoms with E-state index < -0.39 is 77.7 Å². The number of rotatable bonds is 15. The van der Waals surface area contributed by atoms with Crippen LogP contribution in [0.2, 0.25) is 0 Å². The minimum atomic E-state index is -3.13. The summed E-state index contributed by atoms with van der Waals surface area (Å²) in [5, 5.41) is 93.5. The van der Waals surface area contributed by atoms with Gasteiger partial charge in [0.05, 0.1) is 19.0 Å². The minimum absolute atomic E-state index is 0.00458. The molecule has 336 valence electrons. The average Bonchev–Trinajstić information content (AvgIpc) is 4.10. The zero-order valence-electron chi connectivity index (χ0n) is 34.6.